The van der Waals surface area contributed by atoms with Gasteiger partial charge in [-0.2, -0.15) is 5.26 Å². The normalized spacial score (nSPS) is 23.1. The Morgan fingerprint density at radius 2 is 2.40 bits per heavy atom. The van der Waals surface area contributed by atoms with Crippen molar-refractivity contribution in [1.82, 2.24) is 10.6 Å². The number of halogens is 1. The number of rotatable bonds is 3. The van der Waals surface area contributed by atoms with E-state index in [-0.39, 0.29) is 5.91 Å². The topological polar surface area (TPSA) is 90.9 Å². The van der Waals surface area contributed by atoms with Gasteiger partial charge in [0.25, 0.3) is 0 Å². The Morgan fingerprint density at radius 1 is 1.65 bits per heavy atom. The van der Waals surface area contributed by atoms with Crippen LogP contribution in [0.25, 0.3) is 0 Å². The summed E-state index contributed by atoms with van der Waals surface area (Å²) in [5.41, 5.74) is 6.48. The Labute approximate surface area is 126 Å². The van der Waals surface area contributed by atoms with Gasteiger partial charge in [-0.3, -0.25) is 4.79 Å². The van der Waals surface area contributed by atoms with Crippen LogP contribution < -0.4 is 16.4 Å². The molecule has 0 spiro atoms. The molecule has 0 aromatic heterocycles. The molecule has 1 fully saturated rings. The van der Waals surface area contributed by atoms with Crippen LogP contribution in [0.5, 0.6) is 0 Å². The van der Waals surface area contributed by atoms with Gasteiger partial charge in [0, 0.05) is 11.0 Å². The summed E-state index contributed by atoms with van der Waals surface area (Å²) in [7, 11) is 0. The summed E-state index contributed by atoms with van der Waals surface area (Å²) in [6.07, 6.45) is 0.738. The smallest absolute Gasteiger partial charge is 0.237 e. The molecule has 1 heterocycles. The van der Waals surface area contributed by atoms with Crippen molar-refractivity contribution in [2.75, 3.05) is 13.1 Å². The predicted octanol–water partition coefficient (Wildman–Crippen LogP) is 0.973. The summed E-state index contributed by atoms with van der Waals surface area (Å²) >= 11 is 3.36. The lowest BCUT2D eigenvalue weighted by Gasteiger charge is -2.32. The zero-order chi connectivity index (χ0) is 14.8. The number of nitrogens with two attached hydrogens (primary N) is 1. The van der Waals surface area contributed by atoms with E-state index in [1.165, 1.54) is 0 Å². The highest BCUT2D eigenvalue weighted by Crippen LogP contribution is 2.32. The molecule has 0 bridgehead atoms. The molecule has 2 rings (SSSR count). The maximum absolute atomic E-state index is 12.0. The van der Waals surface area contributed by atoms with Gasteiger partial charge in [-0.25, -0.2) is 0 Å². The fourth-order valence-electron chi connectivity index (χ4n) is 2.47. The lowest BCUT2D eigenvalue weighted by molar-refractivity contribution is -0.123. The van der Waals surface area contributed by atoms with Crippen molar-refractivity contribution in [3.63, 3.8) is 0 Å². The summed E-state index contributed by atoms with van der Waals surface area (Å²) in [5, 5.41) is 15.6. The fraction of sp³-hybridized carbons (Fsp3) is 0.429. The van der Waals surface area contributed by atoms with E-state index in [9.17, 15) is 10.1 Å². The van der Waals surface area contributed by atoms with Crippen LogP contribution >= 0.6 is 15.9 Å². The molecule has 1 aromatic rings. The Bertz CT molecular complexity index is 559. The van der Waals surface area contributed by atoms with Crippen LogP contribution in [0, 0.1) is 11.3 Å². The minimum Gasteiger partial charge on any atom is -0.344 e. The molecule has 0 aliphatic carbocycles. The summed E-state index contributed by atoms with van der Waals surface area (Å²) in [6.45, 7) is 3.04. The van der Waals surface area contributed by atoms with Gasteiger partial charge in [0.1, 0.15) is 0 Å². The predicted molar refractivity (Wildman–Crippen MR) is 79.8 cm³/mol. The number of hydrogen-bond acceptors (Lipinski definition) is 4. The summed E-state index contributed by atoms with van der Waals surface area (Å²) in [5.74, 6) is -0.208. The molecule has 5 nitrogen and oxygen atoms in total. The van der Waals surface area contributed by atoms with Crippen LogP contribution in [-0.4, -0.2) is 25.0 Å². The number of carbonyl (C=O) groups excluding carboxylic acids is 1. The van der Waals surface area contributed by atoms with E-state index in [2.05, 4.69) is 32.6 Å². The van der Waals surface area contributed by atoms with Crippen LogP contribution in [-0.2, 0) is 10.3 Å². The lowest BCUT2D eigenvalue weighted by Crippen LogP contribution is -2.52. The molecular weight excluding hydrogens is 320 g/mol. The first-order valence-electron chi connectivity index (χ1n) is 6.47. The maximum Gasteiger partial charge on any atom is 0.237 e. The van der Waals surface area contributed by atoms with E-state index in [1.54, 1.807) is 13.0 Å². The van der Waals surface area contributed by atoms with E-state index in [4.69, 9.17) is 5.73 Å². The molecule has 4 N–H and O–H groups in total. The molecule has 1 aromatic carbocycles. The second kappa shape index (κ2) is 5.92. The van der Waals surface area contributed by atoms with Gasteiger partial charge in [0.15, 0.2) is 0 Å². The van der Waals surface area contributed by atoms with Gasteiger partial charge in [0.2, 0.25) is 5.91 Å². The van der Waals surface area contributed by atoms with E-state index in [1.807, 2.05) is 12.1 Å². The van der Waals surface area contributed by atoms with Crippen LogP contribution in [0.15, 0.2) is 22.7 Å². The average Bonchev–Trinajstić information content (AvgIpc) is 2.87. The SMILES string of the molecule is C[C@H](N)C(=O)N[C@]1(c2ccc(Br)cc2C#N)CCNC1. The Kier molecular flexibility index (Phi) is 4.43. The second-order valence-electron chi connectivity index (χ2n) is 5.09. The largest absolute Gasteiger partial charge is 0.344 e. The van der Waals surface area contributed by atoms with Crippen LogP contribution in [0.2, 0.25) is 0 Å². The summed E-state index contributed by atoms with van der Waals surface area (Å²) < 4.78 is 0.845. The Morgan fingerprint density at radius 3 is 2.95 bits per heavy atom. The molecule has 1 aliphatic heterocycles. The molecule has 106 valence electrons. The fourth-order valence-corrected chi connectivity index (χ4v) is 2.83. The first-order valence-corrected chi connectivity index (χ1v) is 7.26. The number of benzene rings is 1. The van der Waals surface area contributed by atoms with Crippen molar-refractivity contribution >= 4 is 21.8 Å². The van der Waals surface area contributed by atoms with E-state index >= 15 is 0 Å². The molecule has 0 radical (unpaired) electrons. The molecule has 6 heteroatoms. The second-order valence-corrected chi connectivity index (χ2v) is 6.00. The number of hydrogen-bond donors (Lipinski definition) is 3. The Balaban J connectivity index is 2.44. The monoisotopic (exact) mass is 336 g/mol. The molecule has 0 saturated carbocycles. The van der Waals surface area contributed by atoms with Gasteiger partial charge in [0.05, 0.1) is 23.2 Å². The van der Waals surface area contributed by atoms with Crippen LogP contribution in [0.4, 0.5) is 0 Å². The molecule has 1 saturated heterocycles. The number of amides is 1. The standard InChI is InChI=1S/C14H17BrN4O/c1-9(17)13(20)19-14(4-5-18-8-14)12-3-2-11(15)6-10(12)7-16/h2-3,6,9,18H,4-5,8,17H2,1H3,(H,19,20)/t9-,14+/m0/s1. The van der Waals surface area contributed by atoms with Crippen molar-refractivity contribution in [2.45, 2.75) is 24.9 Å². The molecule has 1 amide bonds. The maximum atomic E-state index is 12.0. The zero-order valence-electron chi connectivity index (χ0n) is 11.2. The van der Waals surface area contributed by atoms with Crippen LogP contribution in [0.1, 0.15) is 24.5 Å². The first kappa shape index (κ1) is 15.0. The molecule has 0 unspecified atom stereocenters. The number of nitriles is 1. The lowest BCUT2D eigenvalue weighted by atomic mass is 9.85. The minimum absolute atomic E-state index is 0.208. The highest BCUT2D eigenvalue weighted by molar-refractivity contribution is 9.10. The number of carbonyl (C=O) groups is 1. The first-order chi connectivity index (χ1) is 9.48. The summed E-state index contributed by atoms with van der Waals surface area (Å²) in [4.78, 5) is 12.0. The van der Waals surface area contributed by atoms with Gasteiger partial charge >= 0.3 is 0 Å². The molecule has 20 heavy (non-hydrogen) atoms. The number of nitrogens with zero attached hydrogens (tertiary/aromatic N) is 1. The average molecular weight is 337 g/mol. The third-order valence-electron chi connectivity index (χ3n) is 3.55. The van der Waals surface area contributed by atoms with Gasteiger partial charge in [-0.1, -0.05) is 22.0 Å². The van der Waals surface area contributed by atoms with Gasteiger partial charge in [-0.05, 0) is 37.6 Å². The van der Waals surface area contributed by atoms with Crippen molar-refractivity contribution in [2.24, 2.45) is 5.73 Å². The van der Waals surface area contributed by atoms with Crippen molar-refractivity contribution in [1.29, 1.82) is 5.26 Å². The highest BCUT2D eigenvalue weighted by atomic mass is 79.9. The van der Waals surface area contributed by atoms with E-state index < -0.39 is 11.6 Å². The van der Waals surface area contributed by atoms with Gasteiger partial charge < -0.3 is 16.4 Å². The van der Waals surface area contributed by atoms with Crippen molar-refractivity contribution < 1.29 is 4.79 Å². The Hall–Kier alpha value is -1.42. The quantitative estimate of drug-likeness (QED) is 0.767. The third-order valence-corrected chi connectivity index (χ3v) is 4.04. The zero-order valence-corrected chi connectivity index (χ0v) is 12.8. The summed E-state index contributed by atoms with van der Waals surface area (Å²) in [6, 6.07) is 7.17. The van der Waals surface area contributed by atoms with Crippen LogP contribution in [0.3, 0.4) is 0 Å². The minimum atomic E-state index is -0.576. The van der Waals surface area contributed by atoms with E-state index in [0.29, 0.717) is 12.1 Å². The number of nitrogens with one attached hydrogen (secondary N) is 2. The van der Waals surface area contributed by atoms with Gasteiger partial charge in [-0.15, -0.1) is 0 Å². The molecule has 1 aliphatic rings. The van der Waals surface area contributed by atoms with Crippen molar-refractivity contribution in [3.8, 4) is 6.07 Å². The molecule has 2 atom stereocenters. The van der Waals surface area contributed by atoms with Crippen molar-refractivity contribution in [3.05, 3.63) is 33.8 Å². The van der Waals surface area contributed by atoms with E-state index in [0.717, 1.165) is 23.0 Å². The molecular formula is C14H17BrN4O. The highest BCUT2D eigenvalue weighted by Gasteiger charge is 2.39. The third kappa shape index (κ3) is 2.85.